The van der Waals surface area contributed by atoms with E-state index in [4.69, 9.17) is 23.2 Å². The number of hydrogen-bond acceptors (Lipinski definition) is 2. The van der Waals surface area contributed by atoms with E-state index in [0.717, 1.165) is 25.7 Å². The third-order valence-electron chi connectivity index (χ3n) is 3.82. The Morgan fingerprint density at radius 2 is 2.00 bits per heavy atom. The first-order chi connectivity index (χ1) is 9.99. The fourth-order valence-corrected chi connectivity index (χ4v) is 3.18. The predicted molar refractivity (Wildman–Crippen MR) is 85.1 cm³/mol. The number of benzene rings is 1. The number of carbonyl (C=O) groups is 2. The quantitative estimate of drug-likeness (QED) is 0.827. The van der Waals surface area contributed by atoms with E-state index in [2.05, 4.69) is 0 Å². The van der Waals surface area contributed by atoms with Gasteiger partial charge in [-0.3, -0.25) is 9.59 Å². The molecule has 1 unspecified atom stereocenters. The molecule has 2 rings (SSSR count). The van der Waals surface area contributed by atoms with Crippen LogP contribution in [0.25, 0.3) is 0 Å². The summed E-state index contributed by atoms with van der Waals surface area (Å²) in [5, 5.41) is 0.885. The average molecular weight is 328 g/mol. The molecule has 1 atom stereocenters. The Morgan fingerprint density at radius 1 is 1.24 bits per heavy atom. The number of halogens is 2. The summed E-state index contributed by atoms with van der Waals surface area (Å²) < 4.78 is 0. The monoisotopic (exact) mass is 327 g/mol. The van der Waals surface area contributed by atoms with E-state index in [1.54, 1.807) is 30.0 Å². The van der Waals surface area contributed by atoms with E-state index in [0.29, 0.717) is 28.6 Å². The first kappa shape index (κ1) is 16.3. The lowest BCUT2D eigenvalue weighted by molar-refractivity contribution is -0.118. The first-order valence-electron chi connectivity index (χ1n) is 7.24. The maximum atomic E-state index is 12.8. The lowest BCUT2D eigenvalue weighted by atomic mass is 10.0. The number of Topliss-reactive ketones (excluding diaryl/α,β-unsaturated/α-hetero) is 1. The van der Waals surface area contributed by atoms with Gasteiger partial charge in [-0.15, -0.1) is 0 Å². The van der Waals surface area contributed by atoms with E-state index < -0.39 is 0 Å². The van der Waals surface area contributed by atoms with Crippen LogP contribution in [0.2, 0.25) is 10.0 Å². The second-order valence-corrected chi connectivity index (χ2v) is 6.38. The van der Waals surface area contributed by atoms with Crippen molar-refractivity contribution >= 4 is 34.9 Å². The Morgan fingerprint density at radius 3 is 2.71 bits per heavy atom. The summed E-state index contributed by atoms with van der Waals surface area (Å²) in [5.74, 6) is -0.0208. The van der Waals surface area contributed by atoms with Gasteiger partial charge in [-0.1, -0.05) is 36.0 Å². The highest BCUT2D eigenvalue weighted by Gasteiger charge is 2.28. The predicted octanol–water partition coefficient (Wildman–Crippen LogP) is 4.36. The molecule has 0 aromatic heterocycles. The molecule has 1 heterocycles. The van der Waals surface area contributed by atoms with Crippen LogP contribution in [-0.2, 0) is 4.79 Å². The van der Waals surface area contributed by atoms with Crippen molar-refractivity contribution in [1.29, 1.82) is 0 Å². The van der Waals surface area contributed by atoms with Crippen molar-refractivity contribution in [3.8, 4) is 0 Å². The minimum Gasteiger partial charge on any atom is -0.335 e. The molecule has 0 aliphatic carbocycles. The van der Waals surface area contributed by atoms with Gasteiger partial charge in [0.15, 0.2) is 0 Å². The van der Waals surface area contributed by atoms with E-state index in [1.807, 2.05) is 0 Å². The number of hydrogen-bond donors (Lipinski definition) is 0. The summed E-state index contributed by atoms with van der Waals surface area (Å²) in [6.07, 6.45) is 4.36. The molecule has 1 amide bonds. The largest absolute Gasteiger partial charge is 0.335 e. The highest BCUT2D eigenvalue weighted by molar-refractivity contribution is 6.35. The van der Waals surface area contributed by atoms with Gasteiger partial charge in [0, 0.05) is 24.0 Å². The van der Waals surface area contributed by atoms with E-state index in [9.17, 15) is 9.59 Å². The van der Waals surface area contributed by atoms with Gasteiger partial charge >= 0.3 is 0 Å². The smallest absolute Gasteiger partial charge is 0.255 e. The van der Waals surface area contributed by atoms with Crippen molar-refractivity contribution < 1.29 is 9.59 Å². The molecule has 3 nitrogen and oxygen atoms in total. The fourth-order valence-electron chi connectivity index (χ4n) is 2.80. The number of nitrogens with zero attached hydrogens (tertiary/aromatic N) is 1. The molecule has 0 spiro atoms. The molecule has 0 saturated carbocycles. The van der Waals surface area contributed by atoms with Gasteiger partial charge in [0.25, 0.3) is 5.91 Å². The molecule has 114 valence electrons. The molecule has 1 fully saturated rings. The molecule has 5 heteroatoms. The van der Waals surface area contributed by atoms with Crippen LogP contribution in [0.1, 0.15) is 49.4 Å². The van der Waals surface area contributed by atoms with Crippen LogP contribution in [0.3, 0.4) is 0 Å². The molecule has 1 saturated heterocycles. The summed E-state index contributed by atoms with van der Waals surface area (Å²) >= 11 is 12.1. The van der Waals surface area contributed by atoms with Gasteiger partial charge in [0.2, 0.25) is 0 Å². The third kappa shape index (κ3) is 4.21. The van der Waals surface area contributed by atoms with Gasteiger partial charge in [-0.2, -0.15) is 0 Å². The van der Waals surface area contributed by atoms with Gasteiger partial charge in [0.05, 0.1) is 10.6 Å². The van der Waals surface area contributed by atoms with Crippen molar-refractivity contribution in [1.82, 2.24) is 4.90 Å². The maximum absolute atomic E-state index is 12.8. The van der Waals surface area contributed by atoms with Gasteiger partial charge in [0.1, 0.15) is 5.78 Å². The highest BCUT2D eigenvalue weighted by Crippen LogP contribution is 2.26. The fraction of sp³-hybridized carbons (Fsp3) is 0.500. The Kier molecular flexibility index (Phi) is 5.65. The minimum absolute atomic E-state index is 0.0347. The van der Waals surface area contributed by atoms with Crippen molar-refractivity contribution in [2.45, 2.75) is 45.1 Å². The lowest BCUT2D eigenvalue weighted by Crippen LogP contribution is -2.41. The number of rotatable bonds is 3. The molecule has 1 aromatic rings. The molecule has 1 aromatic carbocycles. The van der Waals surface area contributed by atoms with Crippen LogP contribution in [0.5, 0.6) is 0 Å². The Labute approximate surface area is 135 Å². The zero-order valence-corrected chi connectivity index (χ0v) is 13.6. The Hall–Kier alpha value is -1.06. The van der Waals surface area contributed by atoms with Crippen molar-refractivity contribution in [2.75, 3.05) is 6.54 Å². The molecule has 0 radical (unpaired) electrons. The van der Waals surface area contributed by atoms with E-state index in [1.165, 1.54) is 0 Å². The molecule has 1 aliphatic rings. The van der Waals surface area contributed by atoms with Gasteiger partial charge < -0.3 is 4.90 Å². The number of carbonyl (C=O) groups excluding carboxylic acids is 2. The highest BCUT2D eigenvalue weighted by atomic mass is 35.5. The summed E-state index contributed by atoms with van der Waals surface area (Å²) in [6, 6.07) is 4.86. The van der Waals surface area contributed by atoms with Crippen LogP contribution in [-0.4, -0.2) is 29.2 Å². The van der Waals surface area contributed by atoms with Gasteiger partial charge in [-0.25, -0.2) is 0 Å². The van der Waals surface area contributed by atoms with E-state index in [-0.39, 0.29) is 17.7 Å². The number of amides is 1. The SMILES string of the molecule is CC(=O)CC1CCCCCN1C(=O)c1cc(Cl)ccc1Cl. The van der Waals surface area contributed by atoms with Crippen LogP contribution < -0.4 is 0 Å². The van der Waals surface area contributed by atoms with Crippen LogP contribution in [0.4, 0.5) is 0 Å². The molecule has 0 bridgehead atoms. The molecular formula is C16H19Cl2NO2. The second kappa shape index (κ2) is 7.28. The molecular weight excluding hydrogens is 309 g/mol. The molecule has 21 heavy (non-hydrogen) atoms. The Balaban J connectivity index is 2.28. The minimum atomic E-state index is -0.129. The van der Waals surface area contributed by atoms with Crippen LogP contribution in [0.15, 0.2) is 18.2 Å². The number of likely N-dealkylation sites (tertiary alicyclic amines) is 1. The standard InChI is InChI=1S/C16H19Cl2NO2/c1-11(20)9-13-5-3-2-4-8-19(13)16(21)14-10-12(17)6-7-15(14)18/h6-7,10,13H,2-5,8-9H2,1H3. The van der Waals surface area contributed by atoms with Gasteiger partial charge in [-0.05, 0) is 38.0 Å². The summed E-state index contributed by atoms with van der Waals surface area (Å²) in [7, 11) is 0. The topological polar surface area (TPSA) is 37.4 Å². The lowest BCUT2D eigenvalue weighted by Gasteiger charge is -2.30. The molecule has 0 N–H and O–H groups in total. The number of ketones is 1. The zero-order chi connectivity index (χ0) is 15.4. The van der Waals surface area contributed by atoms with Crippen LogP contribution in [0, 0.1) is 0 Å². The van der Waals surface area contributed by atoms with E-state index >= 15 is 0 Å². The zero-order valence-electron chi connectivity index (χ0n) is 12.1. The Bertz CT molecular complexity index is 545. The maximum Gasteiger partial charge on any atom is 0.255 e. The third-order valence-corrected chi connectivity index (χ3v) is 4.38. The van der Waals surface area contributed by atoms with Crippen LogP contribution >= 0.6 is 23.2 Å². The average Bonchev–Trinajstić information content (AvgIpc) is 2.65. The summed E-state index contributed by atoms with van der Waals surface area (Å²) in [5.41, 5.74) is 0.416. The van der Waals surface area contributed by atoms with Crippen molar-refractivity contribution in [2.24, 2.45) is 0 Å². The van der Waals surface area contributed by atoms with Crippen molar-refractivity contribution in [3.05, 3.63) is 33.8 Å². The molecule has 1 aliphatic heterocycles. The summed E-state index contributed by atoms with van der Waals surface area (Å²) in [4.78, 5) is 26.1. The second-order valence-electron chi connectivity index (χ2n) is 5.53. The normalized spacial score (nSPS) is 19.2. The van der Waals surface area contributed by atoms with Crippen molar-refractivity contribution in [3.63, 3.8) is 0 Å². The first-order valence-corrected chi connectivity index (χ1v) is 8.00. The summed E-state index contributed by atoms with van der Waals surface area (Å²) in [6.45, 7) is 2.24.